The summed E-state index contributed by atoms with van der Waals surface area (Å²) in [5, 5.41) is 9.05. The Hall–Kier alpha value is -2.31. The Labute approximate surface area is 102 Å². The number of hydrogen-bond acceptors (Lipinski definition) is 4. The van der Waals surface area contributed by atoms with E-state index in [1.165, 1.54) is 0 Å². The molecule has 3 heterocycles. The molecule has 1 aliphatic rings. The van der Waals surface area contributed by atoms with Crippen LogP contribution in [0.1, 0.15) is 27.5 Å². The normalized spacial score (nSPS) is 14.6. The van der Waals surface area contributed by atoms with Crippen LogP contribution < -0.4 is 5.56 Å². The molecule has 0 aliphatic carbocycles. The first-order valence-corrected chi connectivity index (χ1v) is 5.66. The molecule has 2 aromatic heterocycles. The van der Waals surface area contributed by atoms with Crippen molar-refractivity contribution < 1.29 is 9.32 Å². The summed E-state index contributed by atoms with van der Waals surface area (Å²) in [5.74, 6) is 0.383. The van der Waals surface area contributed by atoms with E-state index in [0.717, 1.165) is 5.69 Å². The summed E-state index contributed by atoms with van der Waals surface area (Å²) in [4.78, 5) is 25.3. The molecular formula is C11H12N4O3. The minimum absolute atomic E-state index is 0.168. The summed E-state index contributed by atoms with van der Waals surface area (Å²) in [7, 11) is 0. The van der Waals surface area contributed by atoms with Gasteiger partial charge in [0.1, 0.15) is 5.76 Å². The smallest absolute Gasteiger partial charge is 0.276 e. The summed E-state index contributed by atoms with van der Waals surface area (Å²) in [6, 6.07) is 1.60. The molecule has 0 fully saturated rings. The quantitative estimate of drug-likeness (QED) is 0.753. The molecular weight excluding hydrogens is 236 g/mol. The molecule has 2 N–H and O–H groups in total. The fraction of sp³-hybridized carbons (Fsp3) is 0.364. The van der Waals surface area contributed by atoms with Crippen molar-refractivity contribution in [3.8, 4) is 0 Å². The molecule has 7 nitrogen and oxygen atoms in total. The molecule has 18 heavy (non-hydrogen) atoms. The van der Waals surface area contributed by atoms with E-state index in [0.29, 0.717) is 30.8 Å². The Morgan fingerprint density at radius 2 is 2.33 bits per heavy atom. The molecule has 0 bridgehead atoms. The maximum absolute atomic E-state index is 12.1. The van der Waals surface area contributed by atoms with Crippen LogP contribution in [0.3, 0.4) is 0 Å². The molecule has 1 amide bonds. The van der Waals surface area contributed by atoms with Crippen LogP contribution in [0.4, 0.5) is 0 Å². The Morgan fingerprint density at radius 3 is 3.06 bits per heavy atom. The Kier molecular flexibility index (Phi) is 2.32. The Morgan fingerprint density at radius 1 is 1.50 bits per heavy atom. The van der Waals surface area contributed by atoms with Gasteiger partial charge in [0.25, 0.3) is 11.5 Å². The lowest BCUT2D eigenvalue weighted by Crippen LogP contribution is -2.37. The van der Waals surface area contributed by atoms with Gasteiger partial charge >= 0.3 is 0 Å². The number of hydrogen-bond donors (Lipinski definition) is 2. The molecule has 0 saturated heterocycles. The summed E-state index contributed by atoms with van der Waals surface area (Å²) in [6.07, 6.45) is 0.636. The van der Waals surface area contributed by atoms with Crippen molar-refractivity contribution in [3.05, 3.63) is 39.1 Å². The standard InChI is InChI=1S/C11H12N4O3/c1-6-4-9(14-18-6)11(17)15-3-2-8-7(5-15)10(16)13-12-8/h4H,2-3,5H2,1H3,(H2,12,13,16). The number of amides is 1. The average molecular weight is 248 g/mol. The second kappa shape index (κ2) is 3.86. The molecule has 3 rings (SSSR count). The number of H-pyrrole nitrogens is 2. The van der Waals surface area contributed by atoms with Crippen LogP contribution in [0.15, 0.2) is 15.4 Å². The zero-order valence-electron chi connectivity index (χ0n) is 9.82. The molecule has 0 atom stereocenters. The van der Waals surface area contributed by atoms with Crippen LogP contribution in [0.2, 0.25) is 0 Å². The van der Waals surface area contributed by atoms with E-state index in [9.17, 15) is 9.59 Å². The lowest BCUT2D eigenvalue weighted by Gasteiger charge is -2.25. The highest BCUT2D eigenvalue weighted by Gasteiger charge is 2.26. The molecule has 0 aromatic carbocycles. The second-order valence-electron chi connectivity index (χ2n) is 4.34. The maximum atomic E-state index is 12.1. The lowest BCUT2D eigenvalue weighted by atomic mass is 10.1. The third-order valence-corrected chi connectivity index (χ3v) is 3.08. The third-order valence-electron chi connectivity index (χ3n) is 3.08. The van der Waals surface area contributed by atoms with Gasteiger partial charge in [-0.25, -0.2) is 0 Å². The number of nitrogens with zero attached hydrogens (tertiary/aromatic N) is 2. The van der Waals surface area contributed by atoms with Crippen molar-refractivity contribution in [2.75, 3.05) is 6.54 Å². The molecule has 0 spiro atoms. The van der Waals surface area contributed by atoms with Gasteiger partial charge in [-0.05, 0) is 6.92 Å². The Balaban J connectivity index is 1.86. The predicted octanol–water partition coefficient (Wildman–Crippen LogP) is 0.198. The van der Waals surface area contributed by atoms with Gasteiger partial charge in [0.15, 0.2) is 5.69 Å². The highest BCUT2D eigenvalue weighted by atomic mass is 16.5. The fourth-order valence-electron chi connectivity index (χ4n) is 2.12. The second-order valence-corrected chi connectivity index (χ2v) is 4.34. The number of carbonyl (C=O) groups excluding carboxylic acids is 1. The van der Waals surface area contributed by atoms with Gasteiger partial charge in [-0.3, -0.25) is 14.7 Å². The van der Waals surface area contributed by atoms with E-state index in [1.807, 2.05) is 0 Å². The number of aromatic amines is 2. The Bertz CT molecular complexity index is 651. The fourth-order valence-corrected chi connectivity index (χ4v) is 2.12. The third kappa shape index (κ3) is 1.64. The summed E-state index contributed by atoms with van der Waals surface area (Å²) < 4.78 is 4.88. The minimum Gasteiger partial charge on any atom is -0.361 e. The van der Waals surface area contributed by atoms with Crippen LogP contribution in [0.5, 0.6) is 0 Å². The predicted molar refractivity (Wildman–Crippen MR) is 61.1 cm³/mol. The van der Waals surface area contributed by atoms with Gasteiger partial charge in [0, 0.05) is 24.7 Å². The maximum Gasteiger partial charge on any atom is 0.276 e. The van der Waals surface area contributed by atoms with Gasteiger partial charge in [0.2, 0.25) is 0 Å². The number of aromatic nitrogens is 3. The monoisotopic (exact) mass is 248 g/mol. The first-order valence-electron chi connectivity index (χ1n) is 5.66. The first kappa shape index (κ1) is 10.8. The van der Waals surface area contributed by atoms with E-state index in [1.54, 1.807) is 17.9 Å². The highest BCUT2D eigenvalue weighted by molar-refractivity contribution is 5.92. The zero-order chi connectivity index (χ0) is 12.7. The van der Waals surface area contributed by atoms with Gasteiger partial charge in [-0.2, -0.15) is 0 Å². The van der Waals surface area contributed by atoms with Gasteiger partial charge in [-0.1, -0.05) is 5.16 Å². The van der Waals surface area contributed by atoms with Crippen molar-refractivity contribution in [3.63, 3.8) is 0 Å². The molecule has 1 aliphatic heterocycles. The molecule has 0 unspecified atom stereocenters. The van der Waals surface area contributed by atoms with Crippen molar-refractivity contribution in [2.45, 2.75) is 19.9 Å². The van der Waals surface area contributed by atoms with E-state index in [2.05, 4.69) is 15.4 Å². The van der Waals surface area contributed by atoms with Gasteiger partial charge < -0.3 is 14.5 Å². The van der Waals surface area contributed by atoms with Crippen molar-refractivity contribution >= 4 is 5.91 Å². The van der Waals surface area contributed by atoms with Crippen LogP contribution in [-0.2, 0) is 13.0 Å². The summed E-state index contributed by atoms with van der Waals surface area (Å²) >= 11 is 0. The van der Waals surface area contributed by atoms with E-state index in [4.69, 9.17) is 4.52 Å². The molecule has 94 valence electrons. The van der Waals surface area contributed by atoms with Crippen LogP contribution >= 0.6 is 0 Å². The van der Waals surface area contributed by atoms with E-state index < -0.39 is 0 Å². The van der Waals surface area contributed by atoms with Crippen LogP contribution in [0, 0.1) is 6.92 Å². The average Bonchev–Trinajstić information content (AvgIpc) is 2.95. The van der Waals surface area contributed by atoms with Crippen molar-refractivity contribution in [1.82, 2.24) is 20.3 Å². The summed E-state index contributed by atoms with van der Waals surface area (Å²) in [5.41, 5.74) is 1.61. The number of fused-ring (bicyclic) bond motifs is 1. The minimum atomic E-state index is -0.210. The SMILES string of the molecule is Cc1cc(C(=O)N2CCc3[nH][nH]c(=O)c3C2)no1. The van der Waals surface area contributed by atoms with E-state index in [-0.39, 0.29) is 17.2 Å². The summed E-state index contributed by atoms with van der Waals surface area (Å²) in [6.45, 7) is 2.60. The van der Waals surface area contributed by atoms with E-state index >= 15 is 0 Å². The van der Waals surface area contributed by atoms with Crippen LogP contribution in [-0.4, -0.2) is 32.7 Å². The first-order chi connectivity index (χ1) is 8.65. The van der Waals surface area contributed by atoms with Crippen LogP contribution in [0.25, 0.3) is 0 Å². The molecule has 0 radical (unpaired) electrons. The molecule has 0 saturated carbocycles. The lowest BCUT2D eigenvalue weighted by molar-refractivity contribution is 0.0723. The molecule has 7 heteroatoms. The topological polar surface area (TPSA) is 95.0 Å². The highest BCUT2D eigenvalue weighted by Crippen LogP contribution is 2.15. The molecule has 2 aromatic rings. The van der Waals surface area contributed by atoms with Gasteiger partial charge in [-0.15, -0.1) is 0 Å². The van der Waals surface area contributed by atoms with Crippen molar-refractivity contribution in [2.24, 2.45) is 0 Å². The number of nitrogens with one attached hydrogen (secondary N) is 2. The zero-order valence-corrected chi connectivity index (χ0v) is 9.82. The number of aryl methyl sites for hydroxylation is 1. The number of rotatable bonds is 1. The van der Waals surface area contributed by atoms with Gasteiger partial charge in [0.05, 0.1) is 12.1 Å². The largest absolute Gasteiger partial charge is 0.361 e. The van der Waals surface area contributed by atoms with Crippen molar-refractivity contribution in [1.29, 1.82) is 0 Å². The number of carbonyl (C=O) groups is 1.